The molecule has 0 saturated carbocycles. The highest BCUT2D eigenvalue weighted by Crippen LogP contribution is 2.44. The van der Waals surface area contributed by atoms with Crippen molar-refractivity contribution in [3.63, 3.8) is 0 Å². The zero-order chi connectivity index (χ0) is 22.1. The van der Waals surface area contributed by atoms with E-state index in [1.807, 2.05) is 6.07 Å². The summed E-state index contributed by atoms with van der Waals surface area (Å²) in [5.41, 5.74) is 1.38. The summed E-state index contributed by atoms with van der Waals surface area (Å²) in [4.78, 5) is 27.5. The van der Waals surface area contributed by atoms with E-state index < -0.39 is 17.7 Å². The van der Waals surface area contributed by atoms with Crippen LogP contribution in [-0.4, -0.2) is 29.0 Å². The Labute approximate surface area is 187 Å². The van der Waals surface area contributed by atoms with Gasteiger partial charge in [-0.15, -0.1) is 0 Å². The molecule has 1 saturated heterocycles. The summed E-state index contributed by atoms with van der Waals surface area (Å²) >= 11 is 3.40. The van der Waals surface area contributed by atoms with Crippen molar-refractivity contribution in [2.24, 2.45) is 0 Å². The number of hydrogen-bond donors (Lipinski definition) is 2. The number of halogens is 1. The Balaban J connectivity index is 1.98. The minimum atomic E-state index is -0.913. The van der Waals surface area contributed by atoms with Crippen molar-refractivity contribution in [2.75, 3.05) is 12.0 Å². The van der Waals surface area contributed by atoms with E-state index >= 15 is 0 Å². The number of nitrogens with zero attached hydrogens (tertiary/aromatic N) is 1. The summed E-state index contributed by atoms with van der Waals surface area (Å²) < 4.78 is 5.95. The van der Waals surface area contributed by atoms with Gasteiger partial charge in [-0.1, -0.05) is 58.4 Å². The zero-order valence-corrected chi connectivity index (χ0v) is 18.0. The lowest BCUT2D eigenvalue weighted by Gasteiger charge is -2.26. The van der Waals surface area contributed by atoms with Gasteiger partial charge in [0.15, 0.2) is 11.5 Å². The van der Waals surface area contributed by atoms with Crippen molar-refractivity contribution < 1.29 is 24.5 Å². The van der Waals surface area contributed by atoms with Gasteiger partial charge >= 0.3 is 0 Å². The number of methoxy groups -OCH3 is 1. The molecule has 31 heavy (non-hydrogen) atoms. The first-order chi connectivity index (χ1) is 14.9. The molecule has 1 fully saturated rings. The monoisotopic (exact) mass is 479 g/mol. The minimum Gasteiger partial charge on any atom is -0.507 e. The number of ether oxygens (including phenoxy) is 1. The first kappa shape index (κ1) is 20.7. The summed E-state index contributed by atoms with van der Waals surface area (Å²) in [6.45, 7) is 0. The molecule has 0 radical (unpaired) electrons. The van der Waals surface area contributed by atoms with Crippen LogP contribution in [0.3, 0.4) is 0 Å². The first-order valence-electron chi connectivity index (χ1n) is 9.41. The van der Waals surface area contributed by atoms with E-state index in [0.29, 0.717) is 16.8 Å². The van der Waals surface area contributed by atoms with Crippen molar-refractivity contribution in [2.45, 2.75) is 6.04 Å². The number of carbonyl (C=O) groups excluding carboxylic acids is 2. The molecule has 6 nitrogen and oxygen atoms in total. The number of Topliss-reactive ketones (excluding diaryl/α,β-unsaturated/α-hetero) is 1. The number of aliphatic hydroxyl groups is 1. The maximum Gasteiger partial charge on any atom is 0.300 e. The lowest BCUT2D eigenvalue weighted by molar-refractivity contribution is -0.132. The molecule has 0 bridgehead atoms. The van der Waals surface area contributed by atoms with Gasteiger partial charge in [-0.25, -0.2) is 0 Å². The number of phenols is 1. The summed E-state index contributed by atoms with van der Waals surface area (Å²) in [5.74, 6) is -1.70. The third-order valence-electron chi connectivity index (χ3n) is 5.10. The summed E-state index contributed by atoms with van der Waals surface area (Å²) in [5, 5.41) is 21.0. The maximum absolute atomic E-state index is 13.1. The number of anilines is 1. The molecule has 0 aromatic heterocycles. The fourth-order valence-electron chi connectivity index (χ4n) is 3.66. The topological polar surface area (TPSA) is 87.1 Å². The first-order valence-corrected chi connectivity index (χ1v) is 10.2. The minimum absolute atomic E-state index is 0.0380. The molecule has 3 aromatic rings. The van der Waals surface area contributed by atoms with Crippen molar-refractivity contribution in [1.29, 1.82) is 0 Å². The average molecular weight is 480 g/mol. The van der Waals surface area contributed by atoms with Gasteiger partial charge in [0.25, 0.3) is 11.7 Å². The second-order valence-corrected chi connectivity index (χ2v) is 7.86. The predicted molar refractivity (Wildman–Crippen MR) is 120 cm³/mol. The van der Waals surface area contributed by atoms with Crippen molar-refractivity contribution in [3.8, 4) is 11.5 Å². The van der Waals surface area contributed by atoms with Crippen LogP contribution in [0.4, 0.5) is 5.69 Å². The molecule has 1 amide bonds. The quantitative estimate of drug-likeness (QED) is 0.319. The fraction of sp³-hybridized carbons (Fsp3) is 0.0833. The number of phenolic OH excluding ortho intramolecular Hbond substituents is 1. The Morgan fingerprint density at radius 2 is 1.74 bits per heavy atom. The largest absolute Gasteiger partial charge is 0.507 e. The molecule has 0 unspecified atom stereocenters. The molecule has 4 rings (SSSR count). The molecule has 1 heterocycles. The highest BCUT2D eigenvalue weighted by molar-refractivity contribution is 9.10. The van der Waals surface area contributed by atoms with Crippen LogP contribution in [-0.2, 0) is 9.59 Å². The summed E-state index contributed by atoms with van der Waals surface area (Å²) in [7, 11) is 1.41. The van der Waals surface area contributed by atoms with E-state index in [1.165, 1.54) is 18.1 Å². The summed E-state index contributed by atoms with van der Waals surface area (Å²) in [6, 6.07) is 19.2. The molecule has 1 aliphatic rings. The third-order valence-corrected chi connectivity index (χ3v) is 5.59. The predicted octanol–water partition coefficient (Wildman–Crippen LogP) is 4.79. The highest BCUT2D eigenvalue weighted by Gasteiger charge is 2.47. The van der Waals surface area contributed by atoms with E-state index in [9.17, 15) is 19.8 Å². The van der Waals surface area contributed by atoms with Crippen molar-refractivity contribution in [3.05, 3.63) is 94.0 Å². The van der Waals surface area contributed by atoms with Gasteiger partial charge in [0, 0.05) is 15.7 Å². The van der Waals surface area contributed by atoms with Crippen LogP contribution in [0.15, 0.2) is 82.8 Å². The standard InChI is InChI=1S/C24H18BrNO5/c1-31-19-12-15(10-11-18(19)27)21-20(22(28)14-6-3-2-4-7-14)23(29)24(30)26(21)17-9-5-8-16(25)13-17/h2-13,21,27-28H,1H3/b22-20+/t21-/m0/s1. The van der Waals surface area contributed by atoms with Gasteiger partial charge < -0.3 is 14.9 Å². The lowest BCUT2D eigenvalue weighted by Crippen LogP contribution is -2.29. The Hall–Kier alpha value is -3.58. The highest BCUT2D eigenvalue weighted by atomic mass is 79.9. The second-order valence-electron chi connectivity index (χ2n) is 6.95. The van der Waals surface area contributed by atoms with E-state index in [2.05, 4.69) is 15.9 Å². The second kappa shape index (κ2) is 8.28. The van der Waals surface area contributed by atoms with Crippen LogP contribution in [0.2, 0.25) is 0 Å². The molecule has 3 aromatic carbocycles. The smallest absolute Gasteiger partial charge is 0.300 e. The molecule has 1 atom stereocenters. The Morgan fingerprint density at radius 1 is 1.00 bits per heavy atom. The Morgan fingerprint density at radius 3 is 2.42 bits per heavy atom. The number of amides is 1. The molecule has 7 heteroatoms. The molecule has 156 valence electrons. The van der Waals surface area contributed by atoms with E-state index in [-0.39, 0.29) is 22.8 Å². The number of carbonyl (C=O) groups is 2. The number of aliphatic hydroxyl groups excluding tert-OH is 1. The number of hydrogen-bond acceptors (Lipinski definition) is 5. The van der Waals surface area contributed by atoms with Crippen LogP contribution in [0.1, 0.15) is 17.2 Å². The van der Waals surface area contributed by atoms with Gasteiger partial charge in [-0.05, 0) is 35.9 Å². The third kappa shape index (κ3) is 3.68. The van der Waals surface area contributed by atoms with E-state index in [0.717, 1.165) is 4.47 Å². The van der Waals surface area contributed by atoms with Gasteiger partial charge in [-0.3, -0.25) is 14.5 Å². The Kier molecular flexibility index (Phi) is 5.52. The average Bonchev–Trinajstić information content (AvgIpc) is 3.05. The fourth-order valence-corrected chi connectivity index (χ4v) is 4.04. The van der Waals surface area contributed by atoms with Crippen LogP contribution < -0.4 is 9.64 Å². The van der Waals surface area contributed by atoms with Gasteiger partial charge in [-0.2, -0.15) is 0 Å². The van der Waals surface area contributed by atoms with Gasteiger partial charge in [0.1, 0.15) is 5.76 Å². The lowest BCUT2D eigenvalue weighted by atomic mass is 9.95. The van der Waals surface area contributed by atoms with Crippen molar-refractivity contribution >= 4 is 39.1 Å². The summed E-state index contributed by atoms with van der Waals surface area (Å²) in [6.07, 6.45) is 0. The number of benzene rings is 3. The molecular formula is C24H18BrNO5. The van der Waals surface area contributed by atoms with E-state index in [1.54, 1.807) is 60.7 Å². The van der Waals surface area contributed by atoms with Crippen LogP contribution in [0.25, 0.3) is 5.76 Å². The van der Waals surface area contributed by atoms with Crippen molar-refractivity contribution in [1.82, 2.24) is 0 Å². The molecular weight excluding hydrogens is 462 g/mol. The number of rotatable bonds is 4. The normalized spacial score (nSPS) is 17.7. The van der Waals surface area contributed by atoms with E-state index in [4.69, 9.17) is 4.74 Å². The van der Waals surface area contributed by atoms with Crippen LogP contribution >= 0.6 is 15.9 Å². The number of aromatic hydroxyl groups is 1. The van der Waals surface area contributed by atoms with Gasteiger partial charge in [0.2, 0.25) is 0 Å². The molecule has 1 aliphatic heterocycles. The molecule has 0 spiro atoms. The number of ketones is 1. The Bertz CT molecular complexity index is 1210. The van der Waals surface area contributed by atoms with Crippen LogP contribution in [0, 0.1) is 0 Å². The SMILES string of the molecule is COc1cc([C@H]2/C(=C(\O)c3ccccc3)C(=O)C(=O)N2c2cccc(Br)c2)ccc1O. The maximum atomic E-state index is 13.1. The zero-order valence-electron chi connectivity index (χ0n) is 16.4. The van der Waals surface area contributed by atoms with Crippen LogP contribution in [0.5, 0.6) is 11.5 Å². The molecule has 0 aliphatic carbocycles. The molecule has 2 N–H and O–H groups in total. The van der Waals surface area contributed by atoms with Gasteiger partial charge in [0.05, 0.1) is 18.7 Å².